The van der Waals surface area contributed by atoms with Crippen LogP contribution in [0, 0.1) is 0 Å². The maximum Gasteiger partial charge on any atom is 1.00 e. The second kappa shape index (κ2) is 11.6. The third kappa shape index (κ3) is 5.50. The van der Waals surface area contributed by atoms with Crippen molar-refractivity contribution in [1.29, 1.82) is 0 Å². The standard InChI is InChI=1S/C20H19N5O8S2.Na/c1-31-24-14(12-9-34-19(21)23-12)15(26)22-11-8-32-25(16(11)27)20(18(29)30)7-13(17(28)33-20)35-10-5-3-2-4-6-10;/h2-6,9,11,13H,7-8H2,1H3,(H2,21,23)(H,22,26)(H,29,30);/q;+1/p-1/b24-14-;/t11-,13?,20?;/m0./s1. The molecule has 1 aromatic heterocycles. The molecule has 2 fully saturated rings. The number of nitrogen functional groups attached to an aromatic ring is 1. The number of thiazole rings is 1. The Bertz CT molecular complexity index is 1200. The summed E-state index contributed by atoms with van der Waals surface area (Å²) in [4.78, 5) is 65.0. The molecule has 1 aromatic carbocycles. The van der Waals surface area contributed by atoms with Gasteiger partial charge in [0, 0.05) is 16.7 Å². The van der Waals surface area contributed by atoms with E-state index in [9.17, 15) is 24.3 Å². The van der Waals surface area contributed by atoms with Gasteiger partial charge in [0.25, 0.3) is 17.5 Å². The molecule has 3 N–H and O–H groups in total. The van der Waals surface area contributed by atoms with Crippen LogP contribution in [0.1, 0.15) is 12.1 Å². The number of anilines is 1. The van der Waals surface area contributed by atoms with E-state index >= 15 is 0 Å². The van der Waals surface area contributed by atoms with Gasteiger partial charge in [0.15, 0.2) is 10.8 Å². The average molecular weight is 544 g/mol. The van der Waals surface area contributed by atoms with Crippen molar-refractivity contribution >= 4 is 57.7 Å². The number of aliphatic carboxylic acids is 1. The zero-order valence-electron chi connectivity index (χ0n) is 19.0. The number of carboxylic acid groups (broad SMARTS) is 1. The number of nitrogens with two attached hydrogens (primary N) is 1. The fraction of sp³-hybridized carbons (Fsp3) is 0.300. The molecular weight excluding hydrogens is 525 g/mol. The summed E-state index contributed by atoms with van der Waals surface area (Å²) in [5, 5.41) is 19.3. The predicted molar refractivity (Wildman–Crippen MR) is 119 cm³/mol. The quantitative estimate of drug-likeness (QED) is 0.143. The molecule has 3 atom stereocenters. The van der Waals surface area contributed by atoms with E-state index in [1.54, 1.807) is 30.3 Å². The number of oxime groups is 1. The van der Waals surface area contributed by atoms with Crippen LogP contribution in [0.5, 0.6) is 0 Å². The number of hydroxylamine groups is 2. The van der Waals surface area contributed by atoms with Crippen molar-refractivity contribution < 1.29 is 68.3 Å². The van der Waals surface area contributed by atoms with Crippen LogP contribution in [0.4, 0.5) is 5.13 Å². The first kappa shape index (κ1) is 27.9. The van der Waals surface area contributed by atoms with E-state index in [1.165, 1.54) is 12.5 Å². The number of carbonyl (C=O) groups excluding carboxylic acids is 4. The fourth-order valence-corrected chi connectivity index (χ4v) is 5.07. The number of nitrogens with one attached hydrogen (secondary N) is 1. The van der Waals surface area contributed by atoms with Crippen molar-refractivity contribution in [1.82, 2.24) is 15.4 Å². The molecule has 0 aliphatic carbocycles. The van der Waals surface area contributed by atoms with Crippen LogP contribution in [0.25, 0.3) is 0 Å². The van der Waals surface area contributed by atoms with Gasteiger partial charge in [-0.1, -0.05) is 23.4 Å². The van der Waals surface area contributed by atoms with Crippen LogP contribution in [0.2, 0.25) is 0 Å². The number of cyclic esters (lactones) is 1. The minimum atomic E-state index is -2.49. The Labute approximate surface area is 234 Å². The Morgan fingerprint density at radius 3 is 2.69 bits per heavy atom. The maximum absolute atomic E-state index is 13.0. The number of carboxylic acids is 1. The Hall–Kier alpha value is -2.69. The number of hydrogen-bond donors (Lipinski definition) is 2. The molecule has 13 nitrogen and oxygen atoms in total. The Morgan fingerprint density at radius 2 is 2.08 bits per heavy atom. The average Bonchev–Trinajstić information content (AvgIpc) is 3.51. The van der Waals surface area contributed by atoms with E-state index in [2.05, 4.69) is 20.3 Å². The molecule has 4 rings (SSSR count). The van der Waals surface area contributed by atoms with Crippen LogP contribution in [0.15, 0.2) is 45.8 Å². The van der Waals surface area contributed by atoms with E-state index in [0.29, 0.717) is 9.96 Å². The minimum absolute atomic E-state index is 0. The molecule has 0 bridgehead atoms. The van der Waals surface area contributed by atoms with Gasteiger partial charge in [-0.25, -0.2) is 4.98 Å². The summed E-state index contributed by atoms with van der Waals surface area (Å²) in [6.07, 6.45) is -0.422. The molecule has 3 heterocycles. The second-order valence-electron chi connectivity index (χ2n) is 7.26. The maximum atomic E-state index is 13.0. The molecule has 16 heteroatoms. The zero-order chi connectivity index (χ0) is 25.2. The number of hydrogen-bond acceptors (Lipinski definition) is 13. The molecule has 2 aromatic rings. The summed E-state index contributed by atoms with van der Waals surface area (Å²) < 4.78 is 5.14. The summed E-state index contributed by atoms with van der Waals surface area (Å²) in [6.45, 7) is -0.423. The van der Waals surface area contributed by atoms with Crippen molar-refractivity contribution in [2.45, 2.75) is 28.3 Å². The second-order valence-corrected chi connectivity index (χ2v) is 9.43. The molecular formula is C20H18N5NaO8S2. The molecule has 2 unspecified atom stereocenters. The number of thioether (sulfide) groups is 1. The molecule has 2 amide bonds. The van der Waals surface area contributed by atoms with Gasteiger partial charge in [0.1, 0.15) is 36.7 Å². The van der Waals surface area contributed by atoms with Gasteiger partial charge < -0.3 is 30.5 Å². The van der Waals surface area contributed by atoms with E-state index in [4.69, 9.17) is 15.3 Å². The first-order chi connectivity index (χ1) is 16.7. The topological polar surface area (TPSA) is 186 Å². The van der Waals surface area contributed by atoms with Gasteiger partial charge in [-0.15, -0.1) is 23.1 Å². The zero-order valence-corrected chi connectivity index (χ0v) is 22.7. The molecule has 2 aliphatic heterocycles. The number of benzene rings is 1. The molecule has 184 valence electrons. The normalized spacial score (nSPS) is 23.7. The third-order valence-electron chi connectivity index (χ3n) is 5.00. The first-order valence-corrected chi connectivity index (χ1v) is 11.8. The number of carbonyl (C=O) groups is 4. The Morgan fingerprint density at radius 1 is 1.36 bits per heavy atom. The number of esters is 1. The van der Waals surface area contributed by atoms with E-state index in [0.717, 1.165) is 23.1 Å². The molecule has 2 saturated heterocycles. The Balaban J connectivity index is 0.00000361. The van der Waals surface area contributed by atoms with Crippen molar-refractivity contribution in [2.75, 3.05) is 19.5 Å². The van der Waals surface area contributed by atoms with Crippen LogP contribution < -0.4 is 45.7 Å². The number of ether oxygens (including phenoxy) is 1. The number of rotatable bonds is 8. The van der Waals surface area contributed by atoms with Gasteiger partial charge in [-0.05, 0) is 12.1 Å². The summed E-state index contributed by atoms with van der Waals surface area (Å²) in [6, 6.07) is 7.49. The third-order valence-corrected chi connectivity index (χ3v) is 6.86. The summed E-state index contributed by atoms with van der Waals surface area (Å²) in [5.74, 6) is -4.47. The first-order valence-electron chi connectivity index (χ1n) is 10.0. The molecule has 2 aliphatic rings. The van der Waals surface area contributed by atoms with Gasteiger partial charge >= 0.3 is 35.5 Å². The van der Waals surface area contributed by atoms with Crippen LogP contribution in [0.3, 0.4) is 0 Å². The SMILES string of the molecule is CO/N=C(\C(=O)N[C@H]1CON(C2(C(=O)[O-])CC(Sc3ccccc3)C(=O)O2)C1=O)c1csc(N)n1.[Na+]. The van der Waals surface area contributed by atoms with Crippen molar-refractivity contribution in [3.05, 3.63) is 41.4 Å². The largest absolute Gasteiger partial charge is 1.00 e. The summed E-state index contributed by atoms with van der Waals surface area (Å²) >= 11 is 2.15. The fourth-order valence-electron chi connectivity index (χ4n) is 3.42. The molecule has 0 spiro atoms. The van der Waals surface area contributed by atoms with Crippen molar-refractivity contribution in [2.24, 2.45) is 5.16 Å². The monoisotopic (exact) mass is 543 g/mol. The van der Waals surface area contributed by atoms with Crippen molar-refractivity contribution in [3.63, 3.8) is 0 Å². The summed E-state index contributed by atoms with van der Waals surface area (Å²) in [7, 11) is 1.22. The number of nitrogens with zero attached hydrogens (tertiary/aromatic N) is 3. The van der Waals surface area contributed by atoms with E-state index in [-0.39, 0.29) is 46.1 Å². The van der Waals surface area contributed by atoms with E-state index < -0.39 is 53.8 Å². The van der Waals surface area contributed by atoms with Crippen LogP contribution in [-0.2, 0) is 33.6 Å². The smallest absolute Gasteiger partial charge is 0.544 e. The number of amides is 2. The van der Waals surface area contributed by atoms with E-state index in [1.807, 2.05) is 0 Å². The van der Waals surface area contributed by atoms with Gasteiger partial charge in [0.2, 0.25) is 0 Å². The number of aromatic nitrogens is 1. The van der Waals surface area contributed by atoms with Gasteiger partial charge in [-0.3, -0.25) is 19.2 Å². The molecule has 0 radical (unpaired) electrons. The van der Waals surface area contributed by atoms with Gasteiger partial charge in [-0.2, -0.15) is 5.06 Å². The molecule has 0 saturated carbocycles. The molecule has 36 heavy (non-hydrogen) atoms. The minimum Gasteiger partial charge on any atom is -0.544 e. The van der Waals surface area contributed by atoms with Crippen LogP contribution in [-0.4, -0.2) is 70.2 Å². The predicted octanol–water partition coefficient (Wildman–Crippen LogP) is -4.11. The van der Waals surface area contributed by atoms with Crippen LogP contribution >= 0.6 is 23.1 Å². The van der Waals surface area contributed by atoms with Gasteiger partial charge in [0.05, 0.1) is 0 Å². The summed E-state index contributed by atoms with van der Waals surface area (Å²) in [5.41, 5.74) is 2.96. The van der Waals surface area contributed by atoms with Crippen molar-refractivity contribution in [3.8, 4) is 0 Å². The Kier molecular flexibility index (Phi) is 8.97.